The fourth-order valence-corrected chi connectivity index (χ4v) is 20.2. The Morgan fingerprint density at radius 1 is 0.292 bits per heavy atom. The SMILES string of the molecule is Cc1cc(C)c(C)c(-c2ccc3c(C4CCCC4)cccc3[n+]2C)c1.Cc1cc(C)c(C)c(-c2ccc3c(CC(C)C)cccc3[n+]2C)c1.[2H]C([2H])([2H])c1cc(C)cc(-c2ccc3c(CC(C)C)c(F)c(CC(C)C)cc3[n+]2C)c1C.[2H]C([2H])([2H])c1cc(C)cc(-c2ccc3c(CC(C)C)cc(CC(C)C)cc3[n+]2C)c1C.[2H]C([2H])([2H])c1cc(C)cc(-c2ccc3ccc(CC(C)C)cc3[n+]2C)c1C. The average molecular weight is 1740 g/mol. The van der Waals surface area contributed by atoms with Gasteiger partial charge in [-0.15, -0.1) is 0 Å². The zero-order valence-electron chi connectivity index (χ0n) is 93.2. The molecule has 678 valence electrons. The third kappa shape index (κ3) is 22.3. The summed E-state index contributed by atoms with van der Waals surface area (Å²) in [5.41, 5.74) is 40.5. The molecule has 0 spiro atoms. The van der Waals surface area contributed by atoms with Crippen LogP contribution in [0.3, 0.4) is 0 Å². The van der Waals surface area contributed by atoms with Gasteiger partial charge in [0.2, 0.25) is 56.1 Å². The lowest BCUT2D eigenvalue weighted by atomic mass is 9.91. The normalized spacial score (nSPS) is 13.6. The van der Waals surface area contributed by atoms with Crippen LogP contribution >= 0.6 is 0 Å². The van der Waals surface area contributed by atoms with E-state index in [2.05, 4.69) is 327 Å². The molecular weight excluding hydrogens is 1580 g/mol. The van der Waals surface area contributed by atoms with Crippen molar-refractivity contribution in [2.24, 2.45) is 70.7 Å². The quantitative estimate of drug-likeness (QED) is 0.0763. The predicted octanol–water partition coefficient (Wildman–Crippen LogP) is 30.3. The van der Waals surface area contributed by atoms with Crippen molar-refractivity contribution in [3.8, 4) is 56.3 Å². The Morgan fingerprint density at radius 2 is 0.623 bits per heavy atom. The van der Waals surface area contributed by atoms with Gasteiger partial charge in [-0.25, -0.2) is 4.39 Å². The number of fused-ring (bicyclic) bond motifs is 5. The van der Waals surface area contributed by atoms with E-state index in [1.165, 1.54) is 147 Å². The summed E-state index contributed by atoms with van der Waals surface area (Å²) in [5.74, 6) is 3.82. The molecule has 0 bridgehead atoms. The fourth-order valence-electron chi connectivity index (χ4n) is 20.2. The molecule has 5 aromatic heterocycles. The van der Waals surface area contributed by atoms with Gasteiger partial charge in [0.25, 0.3) is 0 Å². The van der Waals surface area contributed by atoms with Gasteiger partial charge in [-0.2, -0.15) is 22.8 Å². The van der Waals surface area contributed by atoms with Crippen LogP contribution in [-0.4, -0.2) is 0 Å². The molecule has 15 aromatic rings. The molecule has 5 nitrogen and oxygen atoms in total. The number of aromatic nitrogens is 5. The number of hydrogen-bond acceptors (Lipinski definition) is 0. The summed E-state index contributed by atoms with van der Waals surface area (Å²) in [5, 5.41) is 6.21. The third-order valence-electron chi connectivity index (χ3n) is 27.1. The zero-order valence-corrected chi connectivity index (χ0v) is 84.2. The highest BCUT2D eigenvalue weighted by molar-refractivity contribution is 5.87. The molecule has 0 saturated heterocycles. The second-order valence-corrected chi connectivity index (χ2v) is 40.9. The van der Waals surface area contributed by atoms with Crippen LogP contribution in [0.15, 0.2) is 194 Å². The van der Waals surface area contributed by atoms with Crippen molar-refractivity contribution in [3.05, 3.63) is 322 Å². The van der Waals surface area contributed by atoms with Crippen LogP contribution in [0.4, 0.5) is 4.39 Å². The van der Waals surface area contributed by atoms with E-state index in [0.717, 1.165) is 121 Å². The second kappa shape index (κ2) is 42.2. The molecule has 10 aromatic carbocycles. The minimum Gasteiger partial charge on any atom is -0.206 e. The summed E-state index contributed by atoms with van der Waals surface area (Å²) < 4.78 is 98.1. The van der Waals surface area contributed by atoms with Crippen LogP contribution in [-0.2, 0) is 73.8 Å². The zero-order chi connectivity index (χ0) is 102. The van der Waals surface area contributed by atoms with Gasteiger partial charge in [0.1, 0.15) is 41.1 Å². The van der Waals surface area contributed by atoms with Crippen molar-refractivity contribution in [2.75, 3.05) is 0 Å². The highest BCUT2D eigenvalue weighted by Crippen LogP contribution is 2.40. The lowest BCUT2D eigenvalue weighted by Gasteiger charge is -2.16. The average Bonchev–Trinajstić information content (AvgIpc) is 1.11. The first-order valence-electron chi connectivity index (χ1n) is 52.6. The maximum Gasteiger partial charge on any atom is 0.213 e. The van der Waals surface area contributed by atoms with E-state index in [4.69, 9.17) is 12.3 Å². The van der Waals surface area contributed by atoms with Crippen molar-refractivity contribution >= 4 is 54.5 Å². The molecule has 6 heteroatoms. The molecule has 0 unspecified atom stereocenters. The van der Waals surface area contributed by atoms with Gasteiger partial charge in [0.05, 0.1) is 5.39 Å². The maximum absolute atomic E-state index is 15.5. The minimum absolute atomic E-state index is 0.0796. The monoisotopic (exact) mass is 1740 g/mol. The number of hydrogen-bond donors (Lipinski definition) is 0. The minimum atomic E-state index is -2.17. The Kier molecular flexibility index (Phi) is 27.9. The maximum atomic E-state index is 15.5. The van der Waals surface area contributed by atoms with E-state index in [9.17, 15) is 0 Å². The molecule has 0 atom stereocenters. The van der Waals surface area contributed by atoms with Gasteiger partial charge in [0, 0.05) is 128 Å². The van der Waals surface area contributed by atoms with Crippen LogP contribution in [0.2, 0.25) is 0 Å². The van der Waals surface area contributed by atoms with Crippen molar-refractivity contribution < 1.29 is 39.6 Å². The summed E-state index contributed by atoms with van der Waals surface area (Å²) in [6.45, 7) is 44.9. The van der Waals surface area contributed by atoms with Crippen molar-refractivity contribution in [1.82, 2.24) is 0 Å². The summed E-state index contributed by atoms with van der Waals surface area (Å²) in [7, 11) is 10.6. The van der Waals surface area contributed by atoms with Gasteiger partial charge >= 0.3 is 0 Å². The first-order chi connectivity index (χ1) is 65.2. The molecule has 0 amide bonds. The van der Waals surface area contributed by atoms with Crippen LogP contribution < -0.4 is 22.8 Å². The van der Waals surface area contributed by atoms with Crippen molar-refractivity contribution in [2.45, 2.75) is 257 Å². The van der Waals surface area contributed by atoms with E-state index in [1.54, 1.807) is 23.8 Å². The summed E-state index contributed by atoms with van der Waals surface area (Å²) in [6, 6.07) is 69.5. The number of halogens is 1. The Hall–Kier alpha value is -10.8. The Labute approximate surface area is 795 Å². The second-order valence-electron chi connectivity index (χ2n) is 40.9. The molecule has 0 N–H and O–H groups in total. The van der Waals surface area contributed by atoms with Crippen LogP contribution in [0, 0.1) is 145 Å². The number of rotatable bonds is 18. The van der Waals surface area contributed by atoms with Gasteiger partial charge in [-0.3, -0.25) is 0 Å². The summed E-state index contributed by atoms with van der Waals surface area (Å²) >= 11 is 0. The van der Waals surface area contributed by atoms with E-state index in [1.807, 2.05) is 72.9 Å². The van der Waals surface area contributed by atoms with E-state index in [0.29, 0.717) is 65.0 Å². The summed E-state index contributed by atoms with van der Waals surface area (Å²) in [6.07, 6.45) is 11.1. The van der Waals surface area contributed by atoms with E-state index >= 15 is 4.39 Å². The van der Waals surface area contributed by atoms with E-state index in [-0.39, 0.29) is 5.82 Å². The first-order valence-corrected chi connectivity index (χ1v) is 48.1. The molecule has 1 aliphatic rings. The topological polar surface area (TPSA) is 19.4 Å². The molecule has 16 rings (SSSR count). The largest absolute Gasteiger partial charge is 0.213 e. The molecule has 1 fully saturated rings. The molecule has 0 aliphatic heterocycles. The van der Waals surface area contributed by atoms with Gasteiger partial charge < -0.3 is 0 Å². The Bertz CT molecular complexity index is 7070. The number of nitrogens with zero attached hydrogens (tertiary/aromatic N) is 5. The van der Waals surface area contributed by atoms with Crippen LogP contribution in [0.25, 0.3) is 111 Å². The van der Waals surface area contributed by atoms with E-state index < -0.39 is 20.6 Å². The molecule has 1 aliphatic carbocycles. The predicted molar refractivity (Wildman–Crippen MR) is 556 cm³/mol. The van der Waals surface area contributed by atoms with Crippen LogP contribution in [0.5, 0.6) is 0 Å². The molecule has 1 saturated carbocycles. The Balaban J connectivity index is 0.000000156. The standard InChI is InChI=1S/C27H35FN.C27H36N.C24H28N.2C23H28N/c1-16(2)11-21-15-26-22(24(27(21)28)12-17(3)4)9-10-25(29(26)8)23-14-18(5)13-19(6)20(23)7;1-17(2)11-22-15-23(12-18(3)4)24-9-10-26(28(8)27(24)16-22)25-14-19(5)13-20(6)21(25)7;1-16-14-17(2)18(3)22(15-16)24-13-12-21-20(19-8-5-6-9-19)10-7-11-23(21)25(24)4;1-15(2)11-19-7-8-20-9-10-22(24(6)23(20)14-19)21-13-16(3)12-17(4)18(21)5;1-15(2)12-19-8-7-9-22-20(19)10-11-23(24(22)6)21-14-16(3)13-17(4)18(21)5/h9-10,13-17H,11-12H2,1-8H3;9-10,13-18H,11-12H2,1-8H3;7,10-15,19H,5-6,8-9H2,1-4H3;7-10,12-15H,11H2,1-6H3;7-11,13-15H,12H2,1-6H3/q5*+1/i2*6D3;;4D3;. The number of aryl methyl sites for hydroxylation is 15. The lowest BCUT2D eigenvalue weighted by Crippen LogP contribution is -2.33. The Morgan fingerprint density at radius 3 is 1.06 bits per heavy atom. The third-order valence-corrected chi connectivity index (χ3v) is 27.1. The molecule has 130 heavy (non-hydrogen) atoms. The highest BCUT2D eigenvalue weighted by Gasteiger charge is 2.29. The van der Waals surface area contributed by atoms with Gasteiger partial charge in [-0.05, 0) is 352 Å². The smallest absolute Gasteiger partial charge is 0.206 e. The highest BCUT2D eigenvalue weighted by atomic mass is 19.1. The molecule has 5 heterocycles. The van der Waals surface area contributed by atoms with Crippen molar-refractivity contribution in [3.63, 3.8) is 0 Å². The van der Waals surface area contributed by atoms with Gasteiger partial charge in [0.15, 0.2) is 0 Å². The number of benzene rings is 10. The number of pyridine rings is 5. The molecule has 0 radical (unpaired) electrons. The summed E-state index contributed by atoms with van der Waals surface area (Å²) in [4.78, 5) is 0. The van der Waals surface area contributed by atoms with Gasteiger partial charge in [-0.1, -0.05) is 190 Å². The first kappa shape index (κ1) is 85.9. The fraction of sp³-hybridized carbons (Fsp3) is 0.395. The van der Waals surface area contributed by atoms with Crippen molar-refractivity contribution in [1.29, 1.82) is 0 Å². The van der Waals surface area contributed by atoms with Crippen LogP contribution in [0.1, 0.15) is 249 Å². The molecular formula is C124H155FN5+5. The lowest BCUT2D eigenvalue weighted by molar-refractivity contribution is -0.633.